The predicted molar refractivity (Wildman–Crippen MR) is 68.6 cm³/mol. The third kappa shape index (κ3) is 2.74. The molecule has 2 aliphatic rings. The Morgan fingerprint density at radius 1 is 1.42 bits per heavy atom. The van der Waals surface area contributed by atoms with E-state index in [0.29, 0.717) is 11.8 Å². The van der Waals surface area contributed by atoms with Crippen LogP contribution in [0.1, 0.15) is 31.7 Å². The standard InChI is InChI=1S/C11H17N5O2S/c17-6-9-2-1-5-15(9)10(18)7-19-11-12-13-14-16(11)8-3-4-8/h8-9,17H,1-7H2/t9-/m1/s1. The van der Waals surface area contributed by atoms with Crippen LogP contribution in [0.5, 0.6) is 0 Å². The van der Waals surface area contributed by atoms with E-state index in [4.69, 9.17) is 0 Å². The Morgan fingerprint density at radius 3 is 3.00 bits per heavy atom. The zero-order valence-electron chi connectivity index (χ0n) is 10.6. The van der Waals surface area contributed by atoms with Gasteiger partial charge in [-0.25, -0.2) is 4.68 Å². The first kappa shape index (κ1) is 12.9. The largest absolute Gasteiger partial charge is 0.394 e. The smallest absolute Gasteiger partial charge is 0.233 e. The zero-order chi connectivity index (χ0) is 13.2. The summed E-state index contributed by atoms with van der Waals surface area (Å²) in [4.78, 5) is 13.9. The molecule has 1 amide bonds. The Balaban J connectivity index is 1.56. The van der Waals surface area contributed by atoms with Crippen LogP contribution in [-0.4, -0.2) is 61.1 Å². The van der Waals surface area contributed by atoms with Crippen molar-refractivity contribution in [3.05, 3.63) is 0 Å². The van der Waals surface area contributed by atoms with Crippen molar-refractivity contribution in [2.45, 2.75) is 42.9 Å². The first-order valence-corrected chi connectivity index (χ1v) is 7.59. The van der Waals surface area contributed by atoms with Gasteiger partial charge in [0.2, 0.25) is 11.1 Å². The van der Waals surface area contributed by atoms with Crippen molar-refractivity contribution in [2.24, 2.45) is 0 Å². The molecule has 0 bridgehead atoms. The molecule has 1 aromatic rings. The van der Waals surface area contributed by atoms with E-state index in [1.807, 2.05) is 4.68 Å². The summed E-state index contributed by atoms with van der Waals surface area (Å²) in [6, 6.07) is 0.414. The molecule has 1 aromatic heterocycles. The zero-order valence-corrected chi connectivity index (χ0v) is 11.4. The fraction of sp³-hybridized carbons (Fsp3) is 0.818. The molecule has 0 unspecified atom stereocenters. The SMILES string of the molecule is O=C(CSc1nnnn1C1CC1)N1CCC[C@@H]1CO. The summed E-state index contributed by atoms with van der Waals surface area (Å²) in [6.45, 7) is 0.800. The summed E-state index contributed by atoms with van der Waals surface area (Å²) in [5.41, 5.74) is 0. The number of thioether (sulfide) groups is 1. The van der Waals surface area contributed by atoms with E-state index in [1.54, 1.807) is 4.90 Å². The maximum Gasteiger partial charge on any atom is 0.233 e. The Labute approximate surface area is 115 Å². The Kier molecular flexibility index (Phi) is 3.69. The van der Waals surface area contributed by atoms with Crippen molar-refractivity contribution in [1.29, 1.82) is 0 Å². The molecule has 19 heavy (non-hydrogen) atoms. The molecule has 3 rings (SSSR count). The molecule has 1 N–H and O–H groups in total. The van der Waals surface area contributed by atoms with E-state index in [9.17, 15) is 9.90 Å². The molecule has 1 aliphatic carbocycles. The number of aliphatic hydroxyl groups excluding tert-OH is 1. The topological polar surface area (TPSA) is 84.1 Å². The van der Waals surface area contributed by atoms with E-state index < -0.39 is 0 Å². The molecule has 0 spiro atoms. The summed E-state index contributed by atoms with van der Waals surface area (Å²) < 4.78 is 1.81. The molecule has 2 heterocycles. The van der Waals surface area contributed by atoms with Gasteiger partial charge in [0.15, 0.2) is 0 Å². The van der Waals surface area contributed by atoms with Crippen LogP contribution in [0, 0.1) is 0 Å². The van der Waals surface area contributed by atoms with Gasteiger partial charge in [-0.3, -0.25) is 4.79 Å². The van der Waals surface area contributed by atoms with Gasteiger partial charge in [-0.1, -0.05) is 11.8 Å². The van der Waals surface area contributed by atoms with Crippen LogP contribution in [0.3, 0.4) is 0 Å². The average molecular weight is 283 g/mol. The lowest BCUT2D eigenvalue weighted by atomic mass is 10.2. The highest BCUT2D eigenvalue weighted by Crippen LogP contribution is 2.36. The van der Waals surface area contributed by atoms with Crippen molar-refractivity contribution < 1.29 is 9.90 Å². The number of hydrogen-bond donors (Lipinski definition) is 1. The van der Waals surface area contributed by atoms with Crippen molar-refractivity contribution in [2.75, 3.05) is 18.9 Å². The maximum absolute atomic E-state index is 12.1. The fourth-order valence-electron chi connectivity index (χ4n) is 2.39. The third-order valence-corrected chi connectivity index (χ3v) is 4.51. The van der Waals surface area contributed by atoms with Gasteiger partial charge in [0.05, 0.1) is 24.4 Å². The van der Waals surface area contributed by atoms with Crippen LogP contribution in [0.25, 0.3) is 0 Å². The van der Waals surface area contributed by atoms with Gasteiger partial charge in [-0.05, 0) is 36.1 Å². The lowest BCUT2D eigenvalue weighted by Crippen LogP contribution is -2.38. The highest BCUT2D eigenvalue weighted by molar-refractivity contribution is 7.99. The first-order valence-electron chi connectivity index (χ1n) is 6.60. The van der Waals surface area contributed by atoms with Crippen molar-refractivity contribution in [1.82, 2.24) is 25.1 Å². The molecule has 7 nitrogen and oxygen atoms in total. The number of nitrogens with zero attached hydrogens (tertiary/aromatic N) is 5. The van der Waals surface area contributed by atoms with E-state index in [0.717, 1.165) is 37.4 Å². The Hall–Kier alpha value is -1.15. The van der Waals surface area contributed by atoms with Gasteiger partial charge < -0.3 is 10.0 Å². The summed E-state index contributed by atoms with van der Waals surface area (Å²) in [5.74, 6) is 0.399. The van der Waals surface area contributed by atoms with Crippen molar-refractivity contribution in [3.8, 4) is 0 Å². The number of hydrogen-bond acceptors (Lipinski definition) is 6. The summed E-state index contributed by atoms with van der Waals surface area (Å²) in [7, 11) is 0. The molecule has 0 radical (unpaired) electrons. The van der Waals surface area contributed by atoms with E-state index >= 15 is 0 Å². The molecular weight excluding hydrogens is 266 g/mol. The number of rotatable bonds is 5. The third-order valence-electron chi connectivity index (χ3n) is 3.59. The van der Waals surface area contributed by atoms with Crippen LogP contribution in [-0.2, 0) is 4.79 Å². The summed E-state index contributed by atoms with van der Waals surface area (Å²) in [5, 5.41) is 21.5. The molecule has 2 fully saturated rings. The average Bonchev–Trinajstić information content (AvgIpc) is 2.98. The molecule has 1 aliphatic heterocycles. The van der Waals surface area contributed by atoms with Gasteiger partial charge in [0.1, 0.15) is 0 Å². The monoisotopic (exact) mass is 283 g/mol. The lowest BCUT2D eigenvalue weighted by Gasteiger charge is -2.22. The van der Waals surface area contributed by atoms with Gasteiger partial charge >= 0.3 is 0 Å². The predicted octanol–water partition coefficient (Wildman–Crippen LogP) is 0.0834. The number of likely N-dealkylation sites (tertiary alicyclic amines) is 1. The highest BCUT2D eigenvalue weighted by Gasteiger charge is 2.30. The van der Waals surface area contributed by atoms with Gasteiger partial charge in [0.25, 0.3) is 0 Å². The van der Waals surface area contributed by atoms with Crippen LogP contribution in [0.4, 0.5) is 0 Å². The second kappa shape index (κ2) is 5.46. The van der Waals surface area contributed by atoms with Crippen LogP contribution in [0.2, 0.25) is 0 Å². The van der Waals surface area contributed by atoms with Gasteiger partial charge in [0, 0.05) is 6.54 Å². The van der Waals surface area contributed by atoms with E-state index in [2.05, 4.69) is 15.5 Å². The Bertz CT molecular complexity index is 462. The molecule has 1 atom stereocenters. The Morgan fingerprint density at radius 2 is 2.26 bits per heavy atom. The second-order valence-electron chi connectivity index (χ2n) is 4.99. The fourth-order valence-corrected chi connectivity index (χ4v) is 3.22. The number of tetrazole rings is 1. The van der Waals surface area contributed by atoms with Crippen LogP contribution >= 0.6 is 11.8 Å². The molecule has 1 saturated heterocycles. The minimum absolute atomic E-state index is 0.00692. The summed E-state index contributed by atoms with van der Waals surface area (Å²) in [6.07, 6.45) is 4.10. The quantitative estimate of drug-likeness (QED) is 0.771. The minimum Gasteiger partial charge on any atom is -0.394 e. The van der Waals surface area contributed by atoms with Crippen molar-refractivity contribution >= 4 is 17.7 Å². The first-order chi connectivity index (χ1) is 9.29. The molecule has 104 valence electrons. The van der Waals surface area contributed by atoms with Crippen LogP contribution in [0.15, 0.2) is 5.16 Å². The van der Waals surface area contributed by atoms with E-state index in [1.165, 1.54) is 11.8 Å². The normalized spacial score (nSPS) is 23.0. The van der Waals surface area contributed by atoms with Crippen molar-refractivity contribution in [3.63, 3.8) is 0 Å². The number of carbonyl (C=O) groups excluding carboxylic acids is 1. The number of amides is 1. The molecule has 1 saturated carbocycles. The molecule has 8 heteroatoms. The second-order valence-corrected chi connectivity index (χ2v) is 5.93. The number of carbonyl (C=O) groups is 1. The molecule has 0 aromatic carbocycles. The minimum atomic E-state index is -0.00692. The van der Waals surface area contributed by atoms with Crippen LogP contribution < -0.4 is 0 Å². The summed E-state index contributed by atoms with van der Waals surface area (Å²) >= 11 is 1.38. The van der Waals surface area contributed by atoms with Gasteiger partial charge in [-0.2, -0.15) is 0 Å². The number of aromatic nitrogens is 4. The highest BCUT2D eigenvalue weighted by atomic mass is 32.2. The number of aliphatic hydroxyl groups is 1. The maximum atomic E-state index is 12.1. The van der Waals surface area contributed by atoms with E-state index in [-0.39, 0.29) is 18.6 Å². The lowest BCUT2D eigenvalue weighted by molar-refractivity contribution is -0.129. The van der Waals surface area contributed by atoms with Gasteiger partial charge in [-0.15, -0.1) is 5.10 Å². The molecular formula is C11H17N5O2S.